The second kappa shape index (κ2) is 2.68. The average molecular weight is 124 g/mol. The lowest BCUT2D eigenvalue weighted by molar-refractivity contribution is 1.76. The van der Waals surface area contributed by atoms with Crippen LogP contribution in [0.4, 0.5) is 0 Å². The number of hydrogen-bond donors (Lipinski definition) is 0. The Bertz CT molecular complexity index is 161. The Morgan fingerprint density at radius 3 is 3.00 bits per heavy atom. The predicted octanol–water partition coefficient (Wildman–Crippen LogP) is 2.78. The summed E-state index contributed by atoms with van der Waals surface area (Å²) in [6.07, 6.45) is 4.14. The molecule has 1 aromatic heterocycles. The molecule has 0 unspecified atom stereocenters. The van der Waals surface area contributed by atoms with E-state index in [1.807, 2.05) is 13.0 Å². The third-order valence-electron chi connectivity index (χ3n) is 0.902. The Hall–Kier alpha value is -0.560. The zero-order valence-corrected chi connectivity index (χ0v) is 5.61. The van der Waals surface area contributed by atoms with E-state index in [-0.39, 0.29) is 0 Å². The van der Waals surface area contributed by atoms with Crippen LogP contribution in [0.1, 0.15) is 12.5 Å². The first-order chi connectivity index (χ1) is 3.93. The minimum Gasteiger partial charge on any atom is -0.152 e. The van der Waals surface area contributed by atoms with Crippen molar-refractivity contribution < 1.29 is 0 Å². The third kappa shape index (κ3) is 1.20. The highest BCUT2D eigenvalue weighted by Gasteiger charge is 1.80. The molecule has 0 N–H and O–H groups in total. The van der Waals surface area contributed by atoms with Crippen LogP contribution in [0.15, 0.2) is 22.9 Å². The normalized spacial score (nSPS) is 10.6. The number of thiophene rings is 1. The van der Waals surface area contributed by atoms with Gasteiger partial charge in [0.25, 0.3) is 0 Å². The Morgan fingerprint density at radius 2 is 2.50 bits per heavy atom. The second-order valence-corrected chi connectivity index (χ2v) is 2.34. The van der Waals surface area contributed by atoms with Crippen LogP contribution in [0, 0.1) is 0 Å². The molecule has 0 radical (unpaired) electrons. The predicted molar refractivity (Wildman–Crippen MR) is 39.0 cm³/mol. The van der Waals surface area contributed by atoms with Crippen molar-refractivity contribution >= 4 is 17.4 Å². The van der Waals surface area contributed by atoms with Crippen molar-refractivity contribution in [2.24, 2.45) is 0 Å². The van der Waals surface area contributed by atoms with E-state index in [1.165, 1.54) is 5.56 Å². The molecule has 0 saturated carbocycles. The van der Waals surface area contributed by atoms with Gasteiger partial charge in [0.15, 0.2) is 0 Å². The summed E-state index contributed by atoms with van der Waals surface area (Å²) in [5.41, 5.74) is 1.30. The molecule has 0 saturated heterocycles. The molecule has 1 heteroatoms. The van der Waals surface area contributed by atoms with Crippen molar-refractivity contribution in [3.63, 3.8) is 0 Å². The molecule has 0 aliphatic rings. The average Bonchev–Trinajstić information content (AvgIpc) is 2.19. The lowest BCUT2D eigenvalue weighted by Gasteiger charge is -1.75. The van der Waals surface area contributed by atoms with Gasteiger partial charge in [-0.1, -0.05) is 12.2 Å². The summed E-state index contributed by atoms with van der Waals surface area (Å²) in [6, 6.07) is 2.10. The Labute approximate surface area is 53.5 Å². The molecule has 8 heavy (non-hydrogen) atoms. The van der Waals surface area contributed by atoms with Crippen molar-refractivity contribution in [3.8, 4) is 0 Å². The van der Waals surface area contributed by atoms with Gasteiger partial charge in [0, 0.05) is 0 Å². The molecule has 0 fully saturated rings. The fourth-order valence-electron chi connectivity index (χ4n) is 0.562. The van der Waals surface area contributed by atoms with Crippen LogP contribution in [0.2, 0.25) is 0 Å². The lowest BCUT2D eigenvalue weighted by atomic mass is 10.3. The highest BCUT2D eigenvalue weighted by molar-refractivity contribution is 7.08. The molecule has 0 spiro atoms. The minimum atomic E-state index is 1.30. The first kappa shape index (κ1) is 5.57. The summed E-state index contributed by atoms with van der Waals surface area (Å²) < 4.78 is 0. The molecular formula is C7H8S. The Morgan fingerprint density at radius 1 is 1.62 bits per heavy atom. The molecular weight excluding hydrogens is 116 g/mol. The van der Waals surface area contributed by atoms with Gasteiger partial charge in [-0.25, -0.2) is 0 Å². The molecule has 1 heterocycles. The smallest absolute Gasteiger partial charge is 0.00209 e. The van der Waals surface area contributed by atoms with Crippen LogP contribution in [0.3, 0.4) is 0 Å². The van der Waals surface area contributed by atoms with E-state index in [4.69, 9.17) is 0 Å². The van der Waals surface area contributed by atoms with Crippen molar-refractivity contribution in [1.82, 2.24) is 0 Å². The maximum Gasteiger partial charge on any atom is -0.00209 e. The standard InChI is InChI=1S/C7H8S/c1-2-3-7-4-5-8-6-7/h2-6H,1H3/b3-2+. The molecule has 0 atom stereocenters. The minimum absolute atomic E-state index is 1.30. The summed E-state index contributed by atoms with van der Waals surface area (Å²) in [5.74, 6) is 0. The van der Waals surface area contributed by atoms with E-state index in [0.717, 1.165) is 0 Å². The van der Waals surface area contributed by atoms with Gasteiger partial charge in [-0.3, -0.25) is 0 Å². The van der Waals surface area contributed by atoms with Crippen LogP contribution >= 0.6 is 11.3 Å². The topological polar surface area (TPSA) is 0 Å². The SMILES string of the molecule is C/C=C/c1ccsc1. The van der Waals surface area contributed by atoms with E-state index in [1.54, 1.807) is 11.3 Å². The molecule has 0 aliphatic carbocycles. The van der Waals surface area contributed by atoms with E-state index in [2.05, 4.69) is 22.9 Å². The summed E-state index contributed by atoms with van der Waals surface area (Å²) in [6.45, 7) is 2.03. The lowest BCUT2D eigenvalue weighted by Crippen LogP contribution is -1.53. The van der Waals surface area contributed by atoms with Crippen molar-refractivity contribution in [3.05, 3.63) is 28.5 Å². The van der Waals surface area contributed by atoms with Gasteiger partial charge in [-0.2, -0.15) is 11.3 Å². The van der Waals surface area contributed by atoms with Crippen molar-refractivity contribution in [2.75, 3.05) is 0 Å². The summed E-state index contributed by atoms with van der Waals surface area (Å²) in [5, 5.41) is 4.20. The largest absolute Gasteiger partial charge is 0.152 e. The van der Waals surface area contributed by atoms with Gasteiger partial charge in [-0.15, -0.1) is 0 Å². The Kier molecular flexibility index (Phi) is 1.86. The number of allylic oxidation sites excluding steroid dienone is 1. The molecule has 1 aromatic rings. The molecule has 42 valence electrons. The van der Waals surface area contributed by atoms with Gasteiger partial charge in [0.05, 0.1) is 0 Å². The van der Waals surface area contributed by atoms with E-state index >= 15 is 0 Å². The van der Waals surface area contributed by atoms with E-state index < -0.39 is 0 Å². The van der Waals surface area contributed by atoms with Crippen molar-refractivity contribution in [1.29, 1.82) is 0 Å². The summed E-state index contributed by atoms with van der Waals surface area (Å²) in [7, 11) is 0. The summed E-state index contributed by atoms with van der Waals surface area (Å²) >= 11 is 1.73. The van der Waals surface area contributed by atoms with E-state index in [9.17, 15) is 0 Å². The van der Waals surface area contributed by atoms with Crippen molar-refractivity contribution in [2.45, 2.75) is 6.92 Å². The van der Waals surface area contributed by atoms with Gasteiger partial charge >= 0.3 is 0 Å². The van der Waals surface area contributed by atoms with Gasteiger partial charge in [0.2, 0.25) is 0 Å². The molecule has 0 bridgehead atoms. The molecule has 0 aromatic carbocycles. The zero-order chi connectivity index (χ0) is 5.82. The summed E-state index contributed by atoms with van der Waals surface area (Å²) in [4.78, 5) is 0. The monoisotopic (exact) mass is 124 g/mol. The number of hydrogen-bond acceptors (Lipinski definition) is 1. The fourth-order valence-corrected chi connectivity index (χ4v) is 1.19. The fraction of sp³-hybridized carbons (Fsp3) is 0.143. The molecule has 0 aliphatic heterocycles. The molecule has 1 rings (SSSR count). The second-order valence-electron chi connectivity index (χ2n) is 1.56. The first-order valence-electron chi connectivity index (χ1n) is 2.58. The van der Waals surface area contributed by atoms with Gasteiger partial charge in [0.1, 0.15) is 0 Å². The zero-order valence-electron chi connectivity index (χ0n) is 4.79. The maximum absolute atomic E-state index is 2.12. The third-order valence-corrected chi connectivity index (χ3v) is 1.60. The van der Waals surface area contributed by atoms with Crippen LogP contribution in [-0.4, -0.2) is 0 Å². The highest BCUT2D eigenvalue weighted by atomic mass is 32.1. The number of rotatable bonds is 1. The molecule has 0 amide bonds. The Balaban J connectivity index is 2.77. The van der Waals surface area contributed by atoms with Gasteiger partial charge in [-0.05, 0) is 29.3 Å². The quantitative estimate of drug-likeness (QED) is 0.540. The first-order valence-corrected chi connectivity index (χ1v) is 3.52. The van der Waals surface area contributed by atoms with Crippen LogP contribution < -0.4 is 0 Å². The van der Waals surface area contributed by atoms with Crippen LogP contribution in [0.5, 0.6) is 0 Å². The molecule has 0 nitrogen and oxygen atoms in total. The van der Waals surface area contributed by atoms with Gasteiger partial charge < -0.3 is 0 Å². The van der Waals surface area contributed by atoms with E-state index in [0.29, 0.717) is 0 Å². The maximum atomic E-state index is 2.12. The van der Waals surface area contributed by atoms with Crippen LogP contribution in [-0.2, 0) is 0 Å². The van der Waals surface area contributed by atoms with Crippen LogP contribution in [0.25, 0.3) is 6.08 Å². The highest BCUT2D eigenvalue weighted by Crippen LogP contribution is 2.06.